The molecule has 0 spiro atoms. The van der Waals surface area contributed by atoms with E-state index in [2.05, 4.69) is 5.32 Å². The summed E-state index contributed by atoms with van der Waals surface area (Å²) in [6, 6.07) is 9.55. The zero-order valence-electron chi connectivity index (χ0n) is 10.0. The van der Waals surface area contributed by atoms with Gasteiger partial charge in [0, 0.05) is 0 Å². The summed E-state index contributed by atoms with van der Waals surface area (Å²) in [5, 5.41) is 12.3. The molecular weight excluding hydrogens is 202 g/mol. The molecule has 3 nitrogen and oxygen atoms in total. The monoisotopic (exact) mass is 221 g/mol. The molecule has 0 bridgehead atoms. The molecule has 0 heterocycles. The van der Waals surface area contributed by atoms with Crippen LogP contribution in [0.15, 0.2) is 30.3 Å². The van der Waals surface area contributed by atoms with E-state index in [-0.39, 0.29) is 5.91 Å². The van der Waals surface area contributed by atoms with Crippen LogP contribution >= 0.6 is 0 Å². The number of amides is 1. The number of hydrogen-bond acceptors (Lipinski definition) is 2. The third-order valence-electron chi connectivity index (χ3n) is 2.71. The lowest BCUT2D eigenvalue weighted by atomic mass is 9.98. The maximum Gasteiger partial charge on any atom is 0.224 e. The predicted molar refractivity (Wildman–Crippen MR) is 64.0 cm³/mol. The van der Waals surface area contributed by atoms with Crippen molar-refractivity contribution in [1.29, 1.82) is 0 Å². The Balaban J connectivity index is 2.55. The van der Waals surface area contributed by atoms with Gasteiger partial charge in [0.1, 0.15) is 0 Å². The van der Waals surface area contributed by atoms with Crippen LogP contribution in [0.5, 0.6) is 0 Å². The van der Waals surface area contributed by atoms with Gasteiger partial charge in [0.2, 0.25) is 5.91 Å². The van der Waals surface area contributed by atoms with Gasteiger partial charge in [-0.15, -0.1) is 0 Å². The van der Waals surface area contributed by atoms with Crippen molar-refractivity contribution in [2.24, 2.45) is 0 Å². The molecule has 1 aromatic carbocycles. The van der Waals surface area contributed by atoms with Gasteiger partial charge in [0.15, 0.2) is 0 Å². The van der Waals surface area contributed by atoms with Gasteiger partial charge < -0.3 is 10.4 Å². The topological polar surface area (TPSA) is 49.3 Å². The molecule has 1 rings (SSSR count). The van der Waals surface area contributed by atoms with E-state index in [9.17, 15) is 9.90 Å². The first-order valence-corrected chi connectivity index (χ1v) is 5.45. The van der Waals surface area contributed by atoms with Gasteiger partial charge in [-0.1, -0.05) is 30.3 Å². The lowest BCUT2D eigenvalue weighted by Crippen LogP contribution is -2.51. The molecule has 1 aromatic rings. The summed E-state index contributed by atoms with van der Waals surface area (Å²) < 4.78 is 0. The van der Waals surface area contributed by atoms with Crippen LogP contribution < -0.4 is 5.32 Å². The van der Waals surface area contributed by atoms with E-state index in [1.807, 2.05) is 30.3 Å². The normalized spacial score (nSPS) is 13.2. The van der Waals surface area contributed by atoms with E-state index < -0.39 is 11.6 Å². The fraction of sp³-hybridized carbons (Fsp3) is 0.462. The van der Waals surface area contributed by atoms with E-state index in [1.165, 1.54) is 0 Å². The summed E-state index contributed by atoms with van der Waals surface area (Å²) in [6.45, 7) is 5.28. The highest BCUT2D eigenvalue weighted by Gasteiger charge is 2.25. The van der Waals surface area contributed by atoms with Gasteiger partial charge >= 0.3 is 0 Å². The number of carbonyl (C=O) groups excluding carboxylic acids is 1. The molecule has 3 heteroatoms. The maximum atomic E-state index is 11.7. The van der Waals surface area contributed by atoms with Crippen LogP contribution in [-0.2, 0) is 11.2 Å². The highest BCUT2D eigenvalue weighted by Crippen LogP contribution is 2.09. The number of nitrogens with one attached hydrogen (secondary N) is 1. The lowest BCUT2D eigenvalue weighted by Gasteiger charge is -2.29. The van der Waals surface area contributed by atoms with Crippen molar-refractivity contribution in [3.63, 3.8) is 0 Å². The molecule has 0 radical (unpaired) electrons. The Kier molecular flexibility index (Phi) is 4.07. The van der Waals surface area contributed by atoms with E-state index in [1.54, 1.807) is 20.8 Å². The van der Waals surface area contributed by atoms with Crippen LogP contribution in [0.1, 0.15) is 26.3 Å². The summed E-state index contributed by atoms with van der Waals surface area (Å²) in [4.78, 5) is 11.7. The molecule has 0 aliphatic heterocycles. The summed E-state index contributed by atoms with van der Waals surface area (Å²) in [5.41, 5.74) is 0.382. The number of aliphatic hydroxyl groups excluding tert-OH is 1. The third kappa shape index (κ3) is 3.66. The van der Waals surface area contributed by atoms with Crippen molar-refractivity contribution in [2.45, 2.75) is 38.8 Å². The average Bonchev–Trinajstić information content (AvgIpc) is 2.17. The van der Waals surface area contributed by atoms with Crippen LogP contribution in [0.3, 0.4) is 0 Å². The van der Waals surface area contributed by atoms with Crippen molar-refractivity contribution in [3.05, 3.63) is 35.9 Å². The fourth-order valence-electron chi connectivity index (χ4n) is 1.29. The fourth-order valence-corrected chi connectivity index (χ4v) is 1.29. The Morgan fingerprint density at radius 3 is 2.44 bits per heavy atom. The molecular formula is C13H19NO2. The van der Waals surface area contributed by atoms with Crippen molar-refractivity contribution in [1.82, 2.24) is 5.32 Å². The largest absolute Gasteiger partial charge is 0.391 e. The van der Waals surface area contributed by atoms with Gasteiger partial charge in [-0.05, 0) is 26.3 Å². The Morgan fingerprint density at radius 1 is 1.38 bits per heavy atom. The maximum absolute atomic E-state index is 11.7. The first-order chi connectivity index (χ1) is 7.42. The second kappa shape index (κ2) is 5.12. The second-order valence-corrected chi connectivity index (χ2v) is 4.61. The van der Waals surface area contributed by atoms with Crippen LogP contribution in [0.4, 0.5) is 0 Å². The van der Waals surface area contributed by atoms with Crippen LogP contribution in [0.2, 0.25) is 0 Å². The molecule has 16 heavy (non-hydrogen) atoms. The molecule has 0 aromatic heterocycles. The van der Waals surface area contributed by atoms with Crippen LogP contribution in [-0.4, -0.2) is 22.7 Å². The van der Waals surface area contributed by atoms with Gasteiger partial charge in [-0.25, -0.2) is 0 Å². The van der Waals surface area contributed by atoms with Crippen LogP contribution in [0.25, 0.3) is 0 Å². The Labute approximate surface area is 96.5 Å². The SMILES string of the molecule is CC(O)C(C)(C)NC(=O)Cc1ccccc1. The minimum atomic E-state index is -0.591. The summed E-state index contributed by atoms with van der Waals surface area (Å²) in [6.07, 6.45) is -0.232. The lowest BCUT2D eigenvalue weighted by molar-refractivity contribution is -0.123. The van der Waals surface area contributed by atoms with E-state index >= 15 is 0 Å². The standard InChI is InChI=1S/C13H19NO2/c1-10(15)13(2,3)14-12(16)9-11-7-5-4-6-8-11/h4-8,10,15H,9H2,1-3H3,(H,14,16). The van der Waals surface area contributed by atoms with Gasteiger partial charge in [0.05, 0.1) is 18.1 Å². The van der Waals surface area contributed by atoms with E-state index in [0.29, 0.717) is 6.42 Å². The first kappa shape index (κ1) is 12.7. The minimum Gasteiger partial charge on any atom is -0.391 e. The van der Waals surface area contributed by atoms with Crippen molar-refractivity contribution in [2.75, 3.05) is 0 Å². The van der Waals surface area contributed by atoms with Gasteiger partial charge in [-0.2, -0.15) is 0 Å². The molecule has 1 amide bonds. The van der Waals surface area contributed by atoms with E-state index in [4.69, 9.17) is 0 Å². The second-order valence-electron chi connectivity index (χ2n) is 4.61. The molecule has 0 fully saturated rings. The van der Waals surface area contributed by atoms with Crippen LogP contribution in [0, 0.1) is 0 Å². The molecule has 1 atom stereocenters. The molecule has 0 saturated carbocycles. The predicted octanol–water partition coefficient (Wildman–Crippen LogP) is 1.50. The summed E-state index contributed by atoms with van der Waals surface area (Å²) in [7, 11) is 0. The third-order valence-corrected chi connectivity index (χ3v) is 2.71. The van der Waals surface area contributed by atoms with Crippen molar-refractivity contribution >= 4 is 5.91 Å². The number of carbonyl (C=O) groups is 1. The van der Waals surface area contributed by atoms with E-state index in [0.717, 1.165) is 5.56 Å². The van der Waals surface area contributed by atoms with Crippen molar-refractivity contribution < 1.29 is 9.90 Å². The highest BCUT2D eigenvalue weighted by molar-refractivity contribution is 5.79. The number of aliphatic hydroxyl groups is 1. The quantitative estimate of drug-likeness (QED) is 0.809. The van der Waals surface area contributed by atoms with Crippen molar-refractivity contribution in [3.8, 4) is 0 Å². The zero-order valence-corrected chi connectivity index (χ0v) is 10.0. The molecule has 0 aliphatic rings. The number of hydrogen-bond donors (Lipinski definition) is 2. The molecule has 2 N–H and O–H groups in total. The first-order valence-electron chi connectivity index (χ1n) is 5.45. The molecule has 88 valence electrons. The minimum absolute atomic E-state index is 0.0721. The highest BCUT2D eigenvalue weighted by atomic mass is 16.3. The number of rotatable bonds is 4. The van der Waals surface area contributed by atoms with Gasteiger partial charge in [-0.3, -0.25) is 4.79 Å². The Hall–Kier alpha value is -1.35. The summed E-state index contributed by atoms with van der Waals surface area (Å²) in [5.74, 6) is -0.0721. The Bertz CT molecular complexity index is 344. The number of benzene rings is 1. The summed E-state index contributed by atoms with van der Waals surface area (Å²) >= 11 is 0. The molecule has 0 saturated heterocycles. The smallest absolute Gasteiger partial charge is 0.224 e. The molecule has 0 aliphatic carbocycles. The average molecular weight is 221 g/mol. The van der Waals surface area contributed by atoms with Gasteiger partial charge in [0.25, 0.3) is 0 Å². The Morgan fingerprint density at radius 2 is 1.94 bits per heavy atom. The molecule has 1 unspecified atom stereocenters. The zero-order chi connectivity index (χ0) is 12.2.